The molecule has 33 heavy (non-hydrogen) atoms. The number of hydrogen-bond acceptors (Lipinski definition) is 3. The summed E-state index contributed by atoms with van der Waals surface area (Å²) >= 11 is 0. The zero-order valence-electron chi connectivity index (χ0n) is 19.6. The summed E-state index contributed by atoms with van der Waals surface area (Å²) in [5.74, 6) is 0.533. The number of methoxy groups -OCH3 is 1. The average Bonchev–Trinajstić information content (AvgIpc) is 3.45. The van der Waals surface area contributed by atoms with Gasteiger partial charge in [-0.25, -0.2) is 0 Å². The third kappa shape index (κ3) is 3.67. The first-order chi connectivity index (χ1) is 15.9. The van der Waals surface area contributed by atoms with Crippen molar-refractivity contribution in [3.63, 3.8) is 0 Å². The van der Waals surface area contributed by atoms with Crippen LogP contribution in [-0.2, 0) is 17.9 Å². The van der Waals surface area contributed by atoms with Crippen LogP contribution in [0.2, 0.25) is 0 Å². The van der Waals surface area contributed by atoms with Gasteiger partial charge in [-0.05, 0) is 56.0 Å². The second-order valence-corrected chi connectivity index (χ2v) is 9.59. The molecule has 0 radical (unpaired) electrons. The van der Waals surface area contributed by atoms with Gasteiger partial charge >= 0.3 is 0 Å². The molecular weight excluding hydrogens is 414 g/mol. The number of nitrogens with zero attached hydrogens (tertiary/aromatic N) is 2. The van der Waals surface area contributed by atoms with Crippen LogP contribution in [0.25, 0.3) is 10.9 Å². The Kier molecular flexibility index (Phi) is 5.39. The van der Waals surface area contributed by atoms with E-state index in [0.29, 0.717) is 18.8 Å². The van der Waals surface area contributed by atoms with E-state index in [1.54, 1.807) is 12.0 Å². The molecule has 1 N–H and O–H groups in total. The maximum Gasteiger partial charge on any atom is 0.271 e. The molecular formula is C27H31N3O3. The third-order valence-corrected chi connectivity index (χ3v) is 7.41. The first-order valence-electron chi connectivity index (χ1n) is 11.8. The third-order valence-electron chi connectivity index (χ3n) is 7.41. The summed E-state index contributed by atoms with van der Waals surface area (Å²) in [5.41, 5.74) is 2.67. The Morgan fingerprint density at radius 3 is 2.64 bits per heavy atom. The van der Waals surface area contributed by atoms with Gasteiger partial charge in [-0.15, -0.1) is 0 Å². The number of nitrogens with one attached hydrogen (secondary N) is 1. The molecule has 172 valence electrons. The summed E-state index contributed by atoms with van der Waals surface area (Å²) in [7, 11) is 1.63. The normalized spacial score (nSPS) is 20.8. The highest BCUT2D eigenvalue weighted by Gasteiger charge is 2.48. The molecule has 1 atom stereocenters. The highest BCUT2D eigenvalue weighted by atomic mass is 16.5. The van der Waals surface area contributed by atoms with E-state index >= 15 is 0 Å². The number of benzene rings is 2. The first-order valence-corrected chi connectivity index (χ1v) is 11.8. The summed E-state index contributed by atoms with van der Waals surface area (Å²) in [6, 6.07) is 16.0. The first kappa shape index (κ1) is 21.6. The highest BCUT2D eigenvalue weighted by molar-refractivity contribution is 6.03. The number of hydrogen-bond donors (Lipinski definition) is 1. The molecule has 5 rings (SSSR count). The summed E-state index contributed by atoms with van der Waals surface area (Å²) in [6.45, 7) is 4.74. The number of ether oxygens (including phenoxy) is 1. The molecule has 2 heterocycles. The van der Waals surface area contributed by atoms with E-state index in [-0.39, 0.29) is 17.9 Å². The predicted octanol–water partition coefficient (Wildman–Crippen LogP) is 4.43. The van der Waals surface area contributed by atoms with Gasteiger partial charge in [0.1, 0.15) is 17.0 Å². The van der Waals surface area contributed by atoms with E-state index in [0.717, 1.165) is 53.5 Å². The van der Waals surface area contributed by atoms with Gasteiger partial charge in [0, 0.05) is 24.0 Å². The molecule has 2 aliphatic rings. The molecule has 0 spiro atoms. The van der Waals surface area contributed by atoms with E-state index in [1.165, 1.54) is 0 Å². The standard InChI is InChI=1S/C27H31N3O3/c1-18-8-4-5-9-20(18)16-30-25(31)24-14-19-12-13-22(33-3)15-23(19)29(24)17-27(30,2)26(32)28-21-10-6-7-11-21/h4-5,8-9,12-15,21H,6-7,10-11,16-17H2,1-3H3,(H,28,32)/t27-/m1/s1. The van der Waals surface area contributed by atoms with Crippen molar-refractivity contribution in [2.75, 3.05) is 7.11 Å². The quantitative estimate of drug-likeness (QED) is 0.632. The molecule has 2 amide bonds. The molecule has 3 aromatic rings. The molecule has 6 heteroatoms. The summed E-state index contributed by atoms with van der Waals surface area (Å²) < 4.78 is 7.41. The van der Waals surface area contributed by atoms with Crippen molar-refractivity contribution >= 4 is 22.7 Å². The summed E-state index contributed by atoms with van der Waals surface area (Å²) in [6.07, 6.45) is 4.28. The van der Waals surface area contributed by atoms with Crippen LogP contribution in [-0.4, -0.2) is 40.0 Å². The second-order valence-electron chi connectivity index (χ2n) is 9.59. The molecule has 6 nitrogen and oxygen atoms in total. The second kappa shape index (κ2) is 8.25. The van der Waals surface area contributed by atoms with E-state index in [9.17, 15) is 9.59 Å². The maximum atomic E-state index is 13.9. The Labute approximate surface area is 194 Å². The zero-order chi connectivity index (χ0) is 23.2. The molecule has 1 aromatic heterocycles. The fraction of sp³-hybridized carbons (Fsp3) is 0.407. The van der Waals surface area contributed by atoms with Crippen LogP contribution in [0.5, 0.6) is 5.75 Å². The topological polar surface area (TPSA) is 63.6 Å². The summed E-state index contributed by atoms with van der Waals surface area (Å²) in [5, 5.41) is 4.23. The van der Waals surface area contributed by atoms with Crippen LogP contribution in [0, 0.1) is 6.92 Å². The van der Waals surface area contributed by atoms with E-state index < -0.39 is 5.54 Å². The number of aryl methyl sites for hydroxylation is 1. The van der Waals surface area contributed by atoms with Crippen LogP contribution in [0.15, 0.2) is 48.5 Å². The Morgan fingerprint density at radius 2 is 1.91 bits per heavy atom. The molecule has 0 unspecified atom stereocenters. The van der Waals surface area contributed by atoms with Gasteiger partial charge in [-0.3, -0.25) is 9.59 Å². The fourth-order valence-corrected chi connectivity index (χ4v) is 5.27. The van der Waals surface area contributed by atoms with Gasteiger partial charge < -0.3 is 19.5 Å². The SMILES string of the molecule is COc1ccc2cc3n(c2c1)C[C@](C)(C(=O)NC1CCCC1)N(Cc1ccccc1C)C3=O. The number of fused-ring (bicyclic) bond motifs is 3. The van der Waals surface area contributed by atoms with E-state index in [4.69, 9.17) is 4.74 Å². The molecule has 0 bridgehead atoms. The molecule has 1 saturated carbocycles. The molecule has 0 saturated heterocycles. The maximum absolute atomic E-state index is 13.9. The van der Waals surface area contributed by atoms with Gasteiger partial charge in [0.05, 0.1) is 19.2 Å². The van der Waals surface area contributed by atoms with Crippen LogP contribution in [0.4, 0.5) is 0 Å². The fourth-order valence-electron chi connectivity index (χ4n) is 5.27. The number of carbonyl (C=O) groups excluding carboxylic acids is 2. The van der Waals surface area contributed by atoms with Crippen molar-refractivity contribution in [3.8, 4) is 5.75 Å². The molecule has 1 aliphatic carbocycles. The number of carbonyl (C=O) groups is 2. The molecule has 1 fully saturated rings. The Bertz CT molecular complexity index is 1220. The Hall–Kier alpha value is -3.28. The largest absolute Gasteiger partial charge is 0.497 e. The smallest absolute Gasteiger partial charge is 0.271 e. The number of aromatic nitrogens is 1. The zero-order valence-corrected chi connectivity index (χ0v) is 19.6. The van der Waals surface area contributed by atoms with Crippen LogP contribution in [0.3, 0.4) is 0 Å². The van der Waals surface area contributed by atoms with Crippen LogP contribution >= 0.6 is 0 Å². The van der Waals surface area contributed by atoms with E-state index in [1.807, 2.05) is 66.9 Å². The van der Waals surface area contributed by atoms with Gasteiger partial charge in [-0.1, -0.05) is 37.1 Å². The van der Waals surface area contributed by atoms with Crippen molar-refractivity contribution in [2.24, 2.45) is 0 Å². The minimum Gasteiger partial charge on any atom is -0.497 e. The lowest BCUT2D eigenvalue weighted by molar-refractivity contribution is -0.133. The van der Waals surface area contributed by atoms with Crippen molar-refractivity contribution in [1.82, 2.24) is 14.8 Å². The predicted molar refractivity (Wildman–Crippen MR) is 128 cm³/mol. The van der Waals surface area contributed by atoms with Crippen molar-refractivity contribution in [2.45, 2.75) is 64.2 Å². The minimum absolute atomic E-state index is 0.0771. The Morgan fingerprint density at radius 1 is 1.15 bits per heavy atom. The Balaban J connectivity index is 1.60. The van der Waals surface area contributed by atoms with Crippen molar-refractivity contribution in [1.29, 1.82) is 0 Å². The van der Waals surface area contributed by atoms with Crippen molar-refractivity contribution in [3.05, 3.63) is 65.4 Å². The lowest BCUT2D eigenvalue weighted by Crippen LogP contribution is -2.64. The van der Waals surface area contributed by atoms with Crippen molar-refractivity contribution < 1.29 is 14.3 Å². The van der Waals surface area contributed by atoms with Gasteiger partial charge in [0.2, 0.25) is 5.91 Å². The molecule has 1 aliphatic heterocycles. The average molecular weight is 446 g/mol. The lowest BCUT2D eigenvalue weighted by Gasteiger charge is -2.44. The highest BCUT2D eigenvalue weighted by Crippen LogP contribution is 2.35. The summed E-state index contributed by atoms with van der Waals surface area (Å²) in [4.78, 5) is 29.4. The number of amides is 2. The van der Waals surface area contributed by atoms with Gasteiger partial charge in [-0.2, -0.15) is 0 Å². The monoisotopic (exact) mass is 445 g/mol. The van der Waals surface area contributed by atoms with Crippen LogP contribution < -0.4 is 10.1 Å². The van der Waals surface area contributed by atoms with Gasteiger partial charge in [0.15, 0.2) is 0 Å². The van der Waals surface area contributed by atoms with E-state index in [2.05, 4.69) is 5.32 Å². The number of rotatable bonds is 5. The molecule has 2 aromatic carbocycles. The lowest BCUT2D eigenvalue weighted by atomic mass is 9.93. The van der Waals surface area contributed by atoms with Crippen LogP contribution in [0.1, 0.15) is 54.2 Å². The van der Waals surface area contributed by atoms with Gasteiger partial charge in [0.25, 0.3) is 5.91 Å². The minimum atomic E-state index is -1.01.